The summed E-state index contributed by atoms with van der Waals surface area (Å²) in [7, 11) is 1.98. The molecule has 3 heterocycles. The van der Waals surface area contributed by atoms with Crippen LogP contribution in [0.25, 0.3) is 5.69 Å². The lowest BCUT2D eigenvalue weighted by Crippen LogP contribution is -2.26. The molecule has 0 fully saturated rings. The molecule has 0 aliphatic carbocycles. The van der Waals surface area contributed by atoms with Crippen LogP contribution in [0.3, 0.4) is 0 Å². The maximum absolute atomic E-state index is 12.4. The third kappa shape index (κ3) is 2.55. The minimum absolute atomic E-state index is 0.102. The number of anilines is 3. The van der Waals surface area contributed by atoms with E-state index >= 15 is 0 Å². The second-order valence-corrected chi connectivity index (χ2v) is 6.09. The molecular weight excluding hydrogens is 330 g/mol. The Morgan fingerprint density at radius 2 is 2.19 bits per heavy atom. The Labute approximate surface area is 155 Å². The summed E-state index contributed by atoms with van der Waals surface area (Å²) in [5, 5.41) is 17.3. The van der Waals surface area contributed by atoms with Gasteiger partial charge in [-0.05, 0) is 31.2 Å². The predicted octanol–water partition coefficient (Wildman–Crippen LogP) is 2.02. The summed E-state index contributed by atoms with van der Waals surface area (Å²) in [5.41, 5.74) is 4.81. The van der Waals surface area contributed by atoms with Crippen molar-refractivity contribution in [2.75, 3.05) is 24.2 Å². The van der Waals surface area contributed by atoms with Crippen LogP contribution in [-0.2, 0) is 6.54 Å². The molecule has 0 atom stereocenters. The number of amides is 1. The minimum Gasteiger partial charge on any atom is -0.365 e. The Balaban J connectivity index is 1.74. The molecule has 0 unspecified atom stereocenters. The van der Waals surface area contributed by atoms with Crippen LogP contribution in [0.2, 0.25) is 0 Å². The van der Waals surface area contributed by atoms with Gasteiger partial charge in [0.05, 0.1) is 46.9 Å². The molecule has 4 rings (SSSR count). The number of para-hydroxylation sites is 1. The number of carbonyl (C=O) groups excluding carboxylic acids is 1. The highest BCUT2D eigenvalue weighted by atomic mass is 16.1. The number of benzene rings is 1. The number of hydrogen-bond donors (Lipinski definition) is 2. The van der Waals surface area contributed by atoms with Crippen molar-refractivity contribution in [2.24, 2.45) is 0 Å². The molecular formula is C18H19N7O. The van der Waals surface area contributed by atoms with Gasteiger partial charge >= 0.3 is 0 Å². The van der Waals surface area contributed by atoms with Gasteiger partial charge in [0.1, 0.15) is 0 Å². The molecule has 0 saturated carbocycles. The van der Waals surface area contributed by atoms with Crippen molar-refractivity contribution in [1.82, 2.24) is 25.3 Å². The van der Waals surface area contributed by atoms with Crippen LogP contribution in [0.15, 0.2) is 36.5 Å². The largest absolute Gasteiger partial charge is 0.365 e. The smallest absolute Gasteiger partial charge is 0.273 e. The van der Waals surface area contributed by atoms with E-state index in [1.807, 2.05) is 48.2 Å². The zero-order chi connectivity index (χ0) is 20.8. The molecule has 26 heavy (non-hydrogen) atoms. The molecule has 132 valence electrons. The summed E-state index contributed by atoms with van der Waals surface area (Å²) in [6.07, 6.45) is 1.43. The SMILES string of the molecule is [2H]C([2H])([2H])NC(=O)c1nnccc1Nc1cccc2c1N(C)Cc1cc(C)nn1-2. The van der Waals surface area contributed by atoms with E-state index in [1.165, 1.54) is 6.20 Å². The van der Waals surface area contributed by atoms with Crippen molar-refractivity contribution in [1.29, 1.82) is 0 Å². The van der Waals surface area contributed by atoms with Crippen molar-refractivity contribution in [3.05, 3.63) is 53.6 Å². The van der Waals surface area contributed by atoms with E-state index in [0.29, 0.717) is 12.2 Å². The van der Waals surface area contributed by atoms with Crippen molar-refractivity contribution in [2.45, 2.75) is 13.5 Å². The number of hydrogen-bond acceptors (Lipinski definition) is 6. The number of fused-ring (bicyclic) bond motifs is 3. The van der Waals surface area contributed by atoms with Crippen LogP contribution in [0, 0.1) is 6.92 Å². The predicted molar refractivity (Wildman–Crippen MR) is 99.1 cm³/mol. The summed E-state index contributed by atoms with van der Waals surface area (Å²) >= 11 is 0. The number of carbonyl (C=O) groups is 1. The quantitative estimate of drug-likeness (QED) is 0.750. The fourth-order valence-corrected chi connectivity index (χ4v) is 3.21. The first-order chi connectivity index (χ1) is 13.7. The lowest BCUT2D eigenvalue weighted by atomic mass is 10.1. The highest BCUT2D eigenvalue weighted by molar-refractivity contribution is 5.98. The zero-order valence-corrected chi connectivity index (χ0v) is 14.3. The highest BCUT2D eigenvalue weighted by Gasteiger charge is 2.24. The molecule has 8 nitrogen and oxygen atoms in total. The maximum atomic E-state index is 12.4. The Bertz CT molecular complexity index is 1090. The molecule has 3 aromatic rings. The van der Waals surface area contributed by atoms with Crippen molar-refractivity contribution in [3.8, 4) is 5.69 Å². The van der Waals surface area contributed by atoms with E-state index < -0.39 is 12.9 Å². The van der Waals surface area contributed by atoms with Gasteiger partial charge in [0.2, 0.25) is 0 Å². The summed E-state index contributed by atoms with van der Waals surface area (Å²) in [6, 6.07) is 9.36. The zero-order valence-electron chi connectivity index (χ0n) is 17.3. The van der Waals surface area contributed by atoms with Gasteiger partial charge in [-0.2, -0.15) is 10.2 Å². The van der Waals surface area contributed by atoms with Crippen LogP contribution < -0.4 is 15.5 Å². The van der Waals surface area contributed by atoms with Crippen LogP contribution in [0.4, 0.5) is 17.1 Å². The van der Waals surface area contributed by atoms with E-state index in [4.69, 9.17) is 4.11 Å². The lowest BCUT2D eigenvalue weighted by molar-refractivity contribution is 0.0958. The van der Waals surface area contributed by atoms with Crippen molar-refractivity contribution in [3.63, 3.8) is 0 Å². The third-order valence-corrected chi connectivity index (χ3v) is 4.25. The number of rotatable bonds is 3. The maximum Gasteiger partial charge on any atom is 0.273 e. The lowest BCUT2D eigenvalue weighted by Gasteiger charge is -2.30. The first-order valence-electron chi connectivity index (χ1n) is 9.54. The van der Waals surface area contributed by atoms with Gasteiger partial charge in [0, 0.05) is 18.1 Å². The van der Waals surface area contributed by atoms with Crippen LogP contribution in [0.1, 0.15) is 26.0 Å². The molecule has 0 radical (unpaired) electrons. The fourth-order valence-electron chi connectivity index (χ4n) is 3.21. The van der Waals surface area contributed by atoms with E-state index in [1.54, 1.807) is 6.07 Å². The molecule has 8 heteroatoms. The summed E-state index contributed by atoms with van der Waals surface area (Å²) in [4.78, 5) is 14.4. The van der Waals surface area contributed by atoms with Crippen LogP contribution in [0.5, 0.6) is 0 Å². The van der Waals surface area contributed by atoms with Gasteiger partial charge in [0.15, 0.2) is 5.69 Å². The first kappa shape index (κ1) is 12.9. The topological polar surface area (TPSA) is 88.0 Å². The molecule has 2 N–H and O–H groups in total. The Kier molecular flexibility index (Phi) is 3.04. The molecule has 2 aromatic heterocycles. The van der Waals surface area contributed by atoms with E-state index in [-0.39, 0.29) is 5.69 Å². The molecule has 1 amide bonds. The second-order valence-electron chi connectivity index (χ2n) is 6.09. The summed E-state index contributed by atoms with van der Waals surface area (Å²) in [6.45, 7) is 0.00539. The van der Waals surface area contributed by atoms with Gasteiger partial charge in [0.25, 0.3) is 5.91 Å². The molecule has 1 aromatic carbocycles. The van der Waals surface area contributed by atoms with Crippen molar-refractivity contribution < 1.29 is 8.91 Å². The Morgan fingerprint density at radius 3 is 3.04 bits per heavy atom. The standard InChI is InChI=1S/C18H19N7O/c1-11-9-12-10-24(3)17-14(5-4-6-15(17)25(12)23-11)21-13-7-8-20-22-16(13)18(26)19-2/h4-9H,10H2,1-3H3,(H,19,26)(H,20,21)/i2D3. The van der Waals surface area contributed by atoms with E-state index in [2.05, 4.69) is 25.5 Å². The van der Waals surface area contributed by atoms with E-state index in [9.17, 15) is 4.79 Å². The number of nitrogens with zero attached hydrogens (tertiary/aromatic N) is 5. The third-order valence-electron chi connectivity index (χ3n) is 4.25. The van der Waals surface area contributed by atoms with Crippen LogP contribution >= 0.6 is 0 Å². The second kappa shape index (κ2) is 6.14. The average Bonchev–Trinajstić information content (AvgIpc) is 3.01. The van der Waals surface area contributed by atoms with Gasteiger partial charge in [-0.1, -0.05) is 6.07 Å². The summed E-state index contributed by atoms with van der Waals surface area (Å²) < 4.78 is 23.6. The molecule has 0 spiro atoms. The number of aromatic nitrogens is 4. The minimum atomic E-state index is -2.62. The van der Waals surface area contributed by atoms with Gasteiger partial charge in [-0.15, -0.1) is 5.10 Å². The van der Waals surface area contributed by atoms with Crippen LogP contribution in [-0.4, -0.2) is 39.9 Å². The highest BCUT2D eigenvalue weighted by Crippen LogP contribution is 2.38. The molecule has 1 aliphatic heterocycles. The first-order valence-corrected chi connectivity index (χ1v) is 8.04. The van der Waals surface area contributed by atoms with Gasteiger partial charge in [-0.3, -0.25) is 4.79 Å². The van der Waals surface area contributed by atoms with Gasteiger partial charge in [-0.25, -0.2) is 4.68 Å². The Hall–Kier alpha value is -3.42. The fraction of sp³-hybridized carbons (Fsp3) is 0.222. The molecule has 0 bridgehead atoms. The van der Waals surface area contributed by atoms with Gasteiger partial charge < -0.3 is 15.5 Å². The average molecular weight is 352 g/mol. The normalized spacial score (nSPS) is 14.5. The Morgan fingerprint density at radius 1 is 1.31 bits per heavy atom. The molecule has 1 aliphatic rings. The van der Waals surface area contributed by atoms with Crippen molar-refractivity contribution >= 4 is 23.0 Å². The monoisotopic (exact) mass is 352 g/mol. The number of aryl methyl sites for hydroxylation is 1. The molecule has 0 saturated heterocycles. The number of nitrogens with one attached hydrogen (secondary N) is 2. The van der Waals surface area contributed by atoms with E-state index in [0.717, 1.165) is 28.5 Å². The summed E-state index contributed by atoms with van der Waals surface area (Å²) in [5.74, 6) is -0.830.